The van der Waals surface area contributed by atoms with Crippen LogP contribution in [0.25, 0.3) is 6.08 Å². The predicted octanol–water partition coefficient (Wildman–Crippen LogP) is 5.79. The molecule has 0 spiro atoms. The Bertz CT molecular complexity index is 973. The number of amides is 2. The number of carbonyl (C=O) groups is 2. The number of carbonyl (C=O) groups excluding carboxylic acids is 2. The zero-order valence-corrected chi connectivity index (χ0v) is 18.9. The van der Waals surface area contributed by atoms with E-state index >= 15 is 0 Å². The van der Waals surface area contributed by atoms with Crippen molar-refractivity contribution < 1.29 is 19.1 Å². The molecule has 152 valence electrons. The molecule has 2 aromatic carbocycles. The average molecular weight is 476 g/mol. The van der Waals surface area contributed by atoms with E-state index in [0.717, 1.165) is 27.4 Å². The van der Waals surface area contributed by atoms with Crippen molar-refractivity contribution >= 4 is 44.9 Å². The van der Waals surface area contributed by atoms with Crippen LogP contribution >= 0.6 is 27.7 Å². The van der Waals surface area contributed by atoms with Gasteiger partial charge in [-0.3, -0.25) is 14.5 Å². The van der Waals surface area contributed by atoms with E-state index in [0.29, 0.717) is 36.2 Å². The highest BCUT2D eigenvalue weighted by Gasteiger charge is 2.33. The number of aryl methyl sites for hydroxylation is 1. The molecule has 2 aromatic rings. The molecule has 0 saturated carbocycles. The maximum absolute atomic E-state index is 12.3. The number of nitrogens with zero attached hydrogens (tertiary/aromatic N) is 1. The van der Waals surface area contributed by atoms with Gasteiger partial charge in [0.15, 0.2) is 11.5 Å². The second-order valence-electron chi connectivity index (χ2n) is 6.47. The van der Waals surface area contributed by atoms with Crippen molar-refractivity contribution in [3.8, 4) is 11.5 Å². The van der Waals surface area contributed by atoms with Crippen LogP contribution in [0.2, 0.25) is 0 Å². The number of likely N-dealkylation sites (N-methyl/N-ethyl adjacent to an activating group) is 1. The Kier molecular flexibility index (Phi) is 7.03. The van der Waals surface area contributed by atoms with E-state index in [1.165, 1.54) is 10.5 Å². The summed E-state index contributed by atoms with van der Waals surface area (Å²) in [6, 6.07) is 11.8. The molecule has 1 aliphatic rings. The van der Waals surface area contributed by atoms with Gasteiger partial charge >= 0.3 is 0 Å². The minimum absolute atomic E-state index is 0.244. The topological polar surface area (TPSA) is 55.8 Å². The number of ether oxygens (including phenoxy) is 2. The van der Waals surface area contributed by atoms with Crippen LogP contribution in [0.5, 0.6) is 11.5 Å². The van der Waals surface area contributed by atoms with Crippen LogP contribution in [0, 0.1) is 6.92 Å². The van der Waals surface area contributed by atoms with Gasteiger partial charge in [0.05, 0.1) is 16.0 Å². The third kappa shape index (κ3) is 5.03. The summed E-state index contributed by atoms with van der Waals surface area (Å²) in [7, 11) is 0. The van der Waals surface area contributed by atoms with Gasteiger partial charge in [-0.05, 0) is 77.8 Å². The maximum atomic E-state index is 12.3. The van der Waals surface area contributed by atoms with Gasteiger partial charge in [-0.15, -0.1) is 0 Å². The first-order valence-electron chi connectivity index (χ1n) is 9.33. The second kappa shape index (κ2) is 9.50. The fourth-order valence-electron chi connectivity index (χ4n) is 2.96. The number of hydrogen-bond acceptors (Lipinski definition) is 5. The molecule has 0 radical (unpaired) electrons. The molecular weight excluding hydrogens is 454 g/mol. The lowest BCUT2D eigenvalue weighted by molar-refractivity contribution is -0.122. The lowest BCUT2D eigenvalue weighted by Gasteiger charge is -2.15. The highest BCUT2D eigenvalue weighted by Crippen LogP contribution is 2.39. The van der Waals surface area contributed by atoms with E-state index in [-0.39, 0.29) is 11.1 Å². The van der Waals surface area contributed by atoms with Gasteiger partial charge in [0.25, 0.3) is 11.1 Å². The van der Waals surface area contributed by atoms with E-state index < -0.39 is 0 Å². The van der Waals surface area contributed by atoms with Gasteiger partial charge in [0.2, 0.25) is 0 Å². The molecule has 1 fully saturated rings. The van der Waals surface area contributed by atoms with Crippen molar-refractivity contribution in [3.63, 3.8) is 0 Å². The highest BCUT2D eigenvalue weighted by molar-refractivity contribution is 9.10. The summed E-state index contributed by atoms with van der Waals surface area (Å²) in [5, 5.41) is -0.244. The Balaban J connectivity index is 1.87. The number of benzene rings is 2. The first-order chi connectivity index (χ1) is 13.9. The van der Waals surface area contributed by atoms with Gasteiger partial charge in [-0.2, -0.15) is 0 Å². The van der Waals surface area contributed by atoms with Crippen molar-refractivity contribution in [2.45, 2.75) is 27.4 Å². The van der Waals surface area contributed by atoms with Crippen LogP contribution in [0.4, 0.5) is 4.79 Å². The van der Waals surface area contributed by atoms with Gasteiger partial charge in [-0.1, -0.05) is 29.8 Å². The average Bonchev–Trinajstić information content (AvgIpc) is 2.94. The standard InChI is InChI=1S/C22H22BrNO4S/c1-4-24-21(25)19(29-22(24)26)12-16-10-17(23)20(18(11-16)27-5-2)28-13-15-8-6-7-14(3)9-15/h6-12H,4-5,13H2,1-3H3/b19-12+. The van der Waals surface area contributed by atoms with Crippen molar-refractivity contribution in [1.29, 1.82) is 0 Å². The monoisotopic (exact) mass is 475 g/mol. The molecule has 3 rings (SSSR count). The summed E-state index contributed by atoms with van der Waals surface area (Å²) >= 11 is 4.51. The maximum Gasteiger partial charge on any atom is 0.293 e. The molecule has 0 unspecified atom stereocenters. The summed E-state index contributed by atoms with van der Waals surface area (Å²) in [4.78, 5) is 25.9. The number of thioether (sulfide) groups is 1. The van der Waals surface area contributed by atoms with E-state index in [1.54, 1.807) is 13.0 Å². The summed E-state index contributed by atoms with van der Waals surface area (Å²) < 4.78 is 12.5. The number of rotatable bonds is 7. The minimum atomic E-state index is -0.267. The quantitative estimate of drug-likeness (QED) is 0.474. The normalized spacial score (nSPS) is 15.3. The largest absolute Gasteiger partial charge is 0.490 e. The third-order valence-electron chi connectivity index (χ3n) is 4.28. The van der Waals surface area contributed by atoms with Crippen LogP contribution in [0.3, 0.4) is 0 Å². The van der Waals surface area contributed by atoms with Gasteiger partial charge in [0, 0.05) is 6.54 Å². The molecule has 0 aliphatic carbocycles. The van der Waals surface area contributed by atoms with E-state index in [9.17, 15) is 9.59 Å². The Hall–Kier alpha value is -2.25. The molecule has 1 aliphatic heterocycles. The van der Waals surface area contributed by atoms with Crippen LogP contribution < -0.4 is 9.47 Å². The second-order valence-corrected chi connectivity index (χ2v) is 8.31. The van der Waals surface area contributed by atoms with Crippen molar-refractivity contribution in [2.24, 2.45) is 0 Å². The zero-order chi connectivity index (χ0) is 21.0. The molecular formula is C22H22BrNO4S. The first-order valence-corrected chi connectivity index (χ1v) is 10.9. The minimum Gasteiger partial charge on any atom is -0.490 e. The summed E-state index contributed by atoms with van der Waals surface area (Å²) in [6.07, 6.45) is 1.71. The third-order valence-corrected chi connectivity index (χ3v) is 5.78. The molecule has 1 saturated heterocycles. The molecule has 7 heteroatoms. The van der Waals surface area contributed by atoms with Crippen LogP contribution in [0.1, 0.15) is 30.5 Å². The highest BCUT2D eigenvalue weighted by atomic mass is 79.9. The van der Waals surface area contributed by atoms with Crippen molar-refractivity contribution in [1.82, 2.24) is 4.90 Å². The van der Waals surface area contributed by atoms with Crippen LogP contribution in [0.15, 0.2) is 45.8 Å². The number of halogens is 1. The SMILES string of the molecule is CCOc1cc(/C=C2/SC(=O)N(CC)C2=O)cc(Br)c1OCc1cccc(C)c1. The van der Waals surface area contributed by atoms with E-state index in [4.69, 9.17) is 9.47 Å². The zero-order valence-electron chi connectivity index (χ0n) is 16.5. The Labute approximate surface area is 183 Å². The van der Waals surface area contributed by atoms with Gasteiger partial charge in [0.1, 0.15) is 6.61 Å². The molecule has 29 heavy (non-hydrogen) atoms. The van der Waals surface area contributed by atoms with Crippen molar-refractivity contribution in [2.75, 3.05) is 13.2 Å². The molecule has 0 N–H and O–H groups in total. The molecule has 0 atom stereocenters. The van der Waals surface area contributed by atoms with Crippen LogP contribution in [-0.4, -0.2) is 29.2 Å². The Morgan fingerprint density at radius 1 is 1.14 bits per heavy atom. The Morgan fingerprint density at radius 2 is 1.93 bits per heavy atom. The predicted molar refractivity (Wildman–Crippen MR) is 119 cm³/mol. The smallest absolute Gasteiger partial charge is 0.293 e. The van der Waals surface area contributed by atoms with E-state index in [2.05, 4.69) is 22.0 Å². The van der Waals surface area contributed by atoms with Crippen LogP contribution in [-0.2, 0) is 11.4 Å². The Morgan fingerprint density at radius 3 is 2.59 bits per heavy atom. The molecule has 0 bridgehead atoms. The molecule has 2 amide bonds. The summed E-state index contributed by atoms with van der Waals surface area (Å²) in [6.45, 7) is 6.97. The number of imide groups is 1. The summed E-state index contributed by atoms with van der Waals surface area (Å²) in [5.74, 6) is 0.916. The molecule has 1 heterocycles. The fraction of sp³-hybridized carbons (Fsp3) is 0.273. The number of hydrogen-bond donors (Lipinski definition) is 0. The van der Waals surface area contributed by atoms with Crippen molar-refractivity contribution in [3.05, 3.63) is 62.5 Å². The van der Waals surface area contributed by atoms with E-state index in [1.807, 2.05) is 44.2 Å². The molecule has 5 nitrogen and oxygen atoms in total. The lowest BCUT2D eigenvalue weighted by atomic mass is 10.1. The lowest BCUT2D eigenvalue weighted by Crippen LogP contribution is -2.27. The molecule has 0 aromatic heterocycles. The van der Waals surface area contributed by atoms with Gasteiger partial charge < -0.3 is 9.47 Å². The van der Waals surface area contributed by atoms with Gasteiger partial charge in [-0.25, -0.2) is 0 Å². The fourth-order valence-corrected chi connectivity index (χ4v) is 4.43. The first kappa shape index (κ1) is 21.5. The summed E-state index contributed by atoms with van der Waals surface area (Å²) in [5.41, 5.74) is 2.99.